The molecule has 2 nitrogen and oxygen atoms in total. The van der Waals surface area contributed by atoms with Crippen molar-refractivity contribution in [1.29, 1.82) is 0 Å². The van der Waals surface area contributed by atoms with E-state index in [1.54, 1.807) is 6.20 Å². The molecule has 0 aromatic heterocycles. The number of aliphatic imine (C=N–C) groups is 1. The molecule has 1 rings (SSSR count). The van der Waals surface area contributed by atoms with Crippen LogP contribution in [0.25, 0.3) is 0 Å². The lowest BCUT2D eigenvalue weighted by atomic mass is 10.0. The minimum absolute atomic E-state index is 0.992. The minimum Gasteiger partial charge on any atom is -0.388 e. The quantitative estimate of drug-likeness (QED) is 0.518. The molecule has 1 aromatic carbocycles. The van der Waals surface area contributed by atoms with E-state index in [4.69, 9.17) is 0 Å². The summed E-state index contributed by atoms with van der Waals surface area (Å²) in [5, 5.41) is 3.48. The maximum absolute atomic E-state index is 4.17. The molecule has 0 radical (unpaired) electrons. The highest BCUT2D eigenvalue weighted by Crippen LogP contribution is 2.11. The van der Waals surface area contributed by atoms with E-state index in [1.807, 2.05) is 6.21 Å². The van der Waals surface area contributed by atoms with Crippen molar-refractivity contribution in [3.05, 3.63) is 59.9 Å². The fraction of sp³-hybridized carbons (Fsp3) is 0.389. The standard InChI is InChI=1S/C18H26N2/c1-4-6-14-20-16(3)18(15-19-5-2)13-12-17-10-8-7-9-11-17/h5,7-11,15,20H,2,4,6,12-14H2,1,3H3/b18-16+,19-15?. The molecule has 20 heavy (non-hydrogen) atoms. The molecule has 0 atom stereocenters. The molecular formula is C18H26N2. The van der Waals surface area contributed by atoms with E-state index in [0.717, 1.165) is 19.4 Å². The average molecular weight is 270 g/mol. The molecule has 0 heterocycles. The lowest BCUT2D eigenvalue weighted by molar-refractivity contribution is 0.704. The summed E-state index contributed by atoms with van der Waals surface area (Å²) in [6.45, 7) is 9.01. The Morgan fingerprint density at radius 2 is 2.05 bits per heavy atom. The number of allylic oxidation sites excluding steroid dienone is 2. The second kappa shape index (κ2) is 10.0. The first-order valence-corrected chi connectivity index (χ1v) is 7.39. The Kier molecular flexibility index (Phi) is 8.13. The van der Waals surface area contributed by atoms with Gasteiger partial charge in [0.25, 0.3) is 0 Å². The maximum atomic E-state index is 4.17. The molecule has 2 heteroatoms. The van der Waals surface area contributed by atoms with E-state index in [2.05, 4.69) is 61.1 Å². The average Bonchev–Trinajstić information content (AvgIpc) is 2.48. The van der Waals surface area contributed by atoms with Crippen LogP contribution in [0.4, 0.5) is 0 Å². The summed E-state index contributed by atoms with van der Waals surface area (Å²) in [6.07, 6.45) is 7.94. The summed E-state index contributed by atoms with van der Waals surface area (Å²) < 4.78 is 0. The monoisotopic (exact) mass is 270 g/mol. The van der Waals surface area contributed by atoms with Crippen LogP contribution in [0.1, 0.15) is 38.7 Å². The molecule has 108 valence electrons. The first-order chi connectivity index (χ1) is 9.77. The Labute approximate surface area is 123 Å². The number of nitrogens with zero attached hydrogens (tertiary/aromatic N) is 1. The molecule has 1 aromatic rings. The summed E-state index contributed by atoms with van der Waals surface area (Å²) >= 11 is 0. The zero-order chi connectivity index (χ0) is 14.6. The zero-order valence-corrected chi connectivity index (χ0v) is 12.7. The van der Waals surface area contributed by atoms with Crippen LogP contribution in [-0.4, -0.2) is 12.8 Å². The molecule has 0 aliphatic rings. The van der Waals surface area contributed by atoms with E-state index in [1.165, 1.54) is 29.7 Å². The number of rotatable bonds is 9. The number of hydrogen-bond donors (Lipinski definition) is 1. The fourth-order valence-corrected chi connectivity index (χ4v) is 1.98. The van der Waals surface area contributed by atoms with E-state index in [-0.39, 0.29) is 0 Å². The molecule has 1 N–H and O–H groups in total. The number of unbranched alkanes of at least 4 members (excludes halogenated alkanes) is 1. The molecule has 0 unspecified atom stereocenters. The van der Waals surface area contributed by atoms with Gasteiger partial charge in [0, 0.05) is 24.7 Å². The zero-order valence-electron chi connectivity index (χ0n) is 12.7. The largest absolute Gasteiger partial charge is 0.388 e. The van der Waals surface area contributed by atoms with Gasteiger partial charge in [-0.2, -0.15) is 0 Å². The van der Waals surface area contributed by atoms with Crippen LogP contribution in [-0.2, 0) is 6.42 Å². The van der Waals surface area contributed by atoms with Gasteiger partial charge in [-0.3, -0.25) is 4.99 Å². The Morgan fingerprint density at radius 3 is 2.70 bits per heavy atom. The van der Waals surface area contributed by atoms with Gasteiger partial charge >= 0.3 is 0 Å². The highest BCUT2D eigenvalue weighted by Gasteiger charge is 2.01. The van der Waals surface area contributed by atoms with E-state index in [0.29, 0.717) is 0 Å². The Hall–Kier alpha value is -1.83. The Balaban J connectivity index is 2.65. The third kappa shape index (κ3) is 6.37. The van der Waals surface area contributed by atoms with Crippen LogP contribution in [0.2, 0.25) is 0 Å². The SMILES string of the molecule is C=CN=C/C(CCc1ccccc1)=C(\C)NCCCC. The van der Waals surface area contributed by atoms with Crippen molar-refractivity contribution >= 4 is 6.21 Å². The van der Waals surface area contributed by atoms with Crippen LogP contribution >= 0.6 is 0 Å². The molecule has 0 aliphatic carbocycles. The van der Waals surface area contributed by atoms with E-state index < -0.39 is 0 Å². The number of nitrogens with one attached hydrogen (secondary N) is 1. The van der Waals surface area contributed by atoms with Crippen molar-refractivity contribution in [2.45, 2.75) is 39.5 Å². The van der Waals surface area contributed by atoms with Crippen molar-refractivity contribution in [2.24, 2.45) is 4.99 Å². The molecule has 0 amide bonds. The van der Waals surface area contributed by atoms with Crippen molar-refractivity contribution in [1.82, 2.24) is 5.32 Å². The van der Waals surface area contributed by atoms with Crippen LogP contribution in [0.15, 0.2) is 59.4 Å². The molecular weight excluding hydrogens is 244 g/mol. The minimum atomic E-state index is 0.992. The van der Waals surface area contributed by atoms with Gasteiger partial charge in [0.2, 0.25) is 0 Å². The maximum Gasteiger partial charge on any atom is 0.0316 e. The van der Waals surface area contributed by atoms with Crippen LogP contribution < -0.4 is 5.32 Å². The van der Waals surface area contributed by atoms with Crippen molar-refractivity contribution in [3.8, 4) is 0 Å². The van der Waals surface area contributed by atoms with E-state index in [9.17, 15) is 0 Å². The second-order valence-electron chi connectivity index (χ2n) is 4.88. The summed E-state index contributed by atoms with van der Waals surface area (Å²) in [5.74, 6) is 0. The first-order valence-electron chi connectivity index (χ1n) is 7.39. The Morgan fingerprint density at radius 1 is 1.30 bits per heavy atom. The normalized spacial score (nSPS) is 12.3. The number of aryl methyl sites for hydroxylation is 1. The van der Waals surface area contributed by atoms with Gasteiger partial charge in [-0.25, -0.2) is 0 Å². The second-order valence-corrected chi connectivity index (χ2v) is 4.88. The molecule has 0 saturated heterocycles. The molecule has 0 saturated carbocycles. The van der Waals surface area contributed by atoms with Gasteiger partial charge in [0.05, 0.1) is 0 Å². The van der Waals surface area contributed by atoms with Crippen LogP contribution in [0.3, 0.4) is 0 Å². The highest BCUT2D eigenvalue weighted by molar-refractivity contribution is 5.79. The fourth-order valence-electron chi connectivity index (χ4n) is 1.98. The predicted octanol–water partition coefficient (Wildman–Crippen LogP) is 4.50. The molecule has 0 aliphatic heterocycles. The lowest BCUT2D eigenvalue weighted by Crippen LogP contribution is -2.15. The smallest absolute Gasteiger partial charge is 0.0316 e. The third-order valence-electron chi connectivity index (χ3n) is 3.26. The van der Waals surface area contributed by atoms with Crippen molar-refractivity contribution in [2.75, 3.05) is 6.54 Å². The van der Waals surface area contributed by atoms with Gasteiger partial charge in [-0.05, 0) is 37.3 Å². The number of hydrogen-bond acceptors (Lipinski definition) is 2. The summed E-state index contributed by atoms with van der Waals surface area (Å²) in [7, 11) is 0. The first kappa shape index (κ1) is 16.2. The van der Waals surface area contributed by atoms with Crippen LogP contribution in [0, 0.1) is 0 Å². The van der Waals surface area contributed by atoms with Crippen molar-refractivity contribution in [3.63, 3.8) is 0 Å². The van der Waals surface area contributed by atoms with Crippen molar-refractivity contribution < 1.29 is 0 Å². The molecule has 0 spiro atoms. The van der Waals surface area contributed by atoms with Gasteiger partial charge in [-0.15, -0.1) is 0 Å². The lowest BCUT2D eigenvalue weighted by Gasteiger charge is -2.11. The molecule has 0 bridgehead atoms. The Bertz CT molecular complexity index is 444. The third-order valence-corrected chi connectivity index (χ3v) is 3.26. The highest BCUT2D eigenvalue weighted by atomic mass is 14.9. The summed E-state index contributed by atoms with van der Waals surface area (Å²) in [6, 6.07) is 10.6. The van der Waals surface area contributed by atoms with Gasteiger partial charge in [0.15, 0.2) is 0 Å². The van der Waals surface area contributed by atoms with Gasteiger partial charge in [0.1, 0.15) is 0 Å². The van der Waals surface area contributed by atoms with E-state index >= 15 is 0 Å². The summed E-state index contributed by atoms with van der Waals surface area (Å²) in [5.41, 5.74) is 3.84. The van der Waals surface area contributed by atoms with Gasteiger partial charge in [-0.1, -0.05) is 50.3 Å². The van der Waals surface area contributed by atoms with Gasteiger partial charge < -0.3 is 5.32 Å². The summed E-state index contributed by atoms with van der Waals surface area (Å²) in [4.78, 5) is 4.17. The molecule has 0 fully saturated rings. The van der Waals surface area contributed by atoms with Crippen LogP contribution in [0.5, 0.6) is 0 Å². The number of benzene rings is 1. The predicted molar refractivity (Wildman–Crippen MR) is 89.1 cm³/mol. The topological polar surface area (TPSA) is 24.4 Å².